The Morgan fingerprint density at radius 2 is 2.26 bits per heavy atom. The maximum absolute atomic E-state index is 4.36. The van der Waals surface area contributed by atoms with Gasteiger partial charge in [-0.3, -0.25) is 4.68 Å². The quantitative estimate of drug-likeness (QED) is 0.833. The van der Waals surface area contributed by atoms with Crippen molar-refractivity contribution in [2.75, 3.05) is 18.1 Å². The van der Waals surface area contributed by atoms with Gasteiger partial charge in [-0.05, 0) is 49.7 Å². The molecule has 1 N–H and O–H groups in total. The number of hydrogen-bond acceptors (Lipinski definition) is 4. The molecule has 0 aromatic carbocycles. The van der Waals surface area contributed by atoms with Gasteiger partial charge in [0.05, 0.1) is 0 Å². The first-order chi connectivity index (χ1) is 9.29. The minimum absolute atomic E-state index is 0.552. The Hall–Kier alpha value is -0.550. The van der Waals surface area contributed by atoms with E-state index in [0.29, 0.717) is 6.04 Å². The molecule has 1 atom stereocenters. The van der Waals surface area contributed by atoms with Crippen molar-refractivity contribution in [1.82, 2.24) is 20.1 Å². The van der Waals surface area contributed by atoms with Crippen molar-refractivity contribution < 1.29 is 0 Å². The zero-order valence-corrected chi connectivity index (χ0v) is 13.0. The van der Waals surface area contributed by atoms with E-state index in [1.165, 1.54) is 37.2 Å². The summed E-state index contributed by atoms with van der Waals surface area (Å²) >= 11 is 2.10. The van der Waals surface area contributed by atoms with E-state index < -0.39 is 0 Å². The third-order valence-corrected chi connectivity index (χ3v) is 4.92. The minimum Gasteiger partial charge on any atom is -0.314 e. The molecule has 0 amide bonds. The molecule has 1 aliphatic rings. The second-order valence-electron chi connectivity index (χ2n) is 5.45. The lowest BCUT2D eigenvalue weighted by Gasteiger charge is -2.27. The van der Waals surface area contributed by atoms with Crippen LogP contribution in [0.15, 0.2) is 6.33 Å². The van der Waals surface area contributed by atoms with Crippen LogP contribution < -0.4 is 5.32 Å². The Morgan fingerprint density at radius 1 is 1.47 bits per heavy atom. The summed E-state index contributed by atoms with van der Waals surface area (Å²) in [6, 6.07) is 0.552. The third-order valence-electron chi connectivity index (χ3n) is 3.88. The molecule has 0 aliphatic carbocycles. The Labute approximate surface area is 120 Å². The van der Waals surface area contributed by atoms with Gasteiger partial charge < -0.3 is 5.32 Å². The predicted octanol–water partition coefficient (Wildman–Crippen LogP) is 2.26. The van der Waals surface area contributed by atoms with Gasteiger partial charge in [0.1, 0.15) is 12.2 Å². The minimum atomic E-state index is 0.552. The Bertz CT molecular complexity index is 360. The van der Waals surface area contributed by atoms with Gasteiger partial charge >= 0.3 is 0 Å². The topological polar surface area (TPSA) is 42.7 Å². The van der Waals surface area contributed by atoms with E-state index in [1.54, 1.807) is 6.33 Å². The molecule has 4 nitrogen and oxygen atoms in total. The SMILES string of the molecule is CCCNC(Cc1ncnn1C)CC1CCSCC1. The molecule has 1 aromatic heterocycles. The standard InChI is InChI=1S/C14H26N4S/c1-3-6-15-13(9-12-4-7-19-8-5-12)10-14-16-11-17-18(14)2/h11-13,15H,3-10H2,1-2H3. The van der Waals surface area contributed by atoms with Gasteiger partial charge in [0, 0.05) is 19.5 Å². The van der Waals surface area contributed by atoms with Crippen LogP contribution in [0, 0.1) is 5.92 Å². The molecule has 1 unspecified atom stereocenters. The normalized spacial score (nSPS) is 18.6. The molecule has 0 spiro atoms. The molecule has 108 valence electrons. The van der Waals surface area contributed by atoms with Crippen LogP contribution in [0.5, 0.6) is 0 Å². The zero-order chi connectivity index (χ0) is 13.5. The number of aromatic nitrogens is 3. The van der Waals surface area contributed by atoms with Crippen molar-refractivity contribution in [1.29, 1.82) is 0 Å². The van der Waals surface area contributed by atoms with Crippen molar-refractivity contribution in [3.8, 4) is 0 Å². The Balaban J connectivity index is 1.88. The molecule has 1 aromatic rings. The fourth-order valence-electron chi connectivity index (χ4n) is 2.70. The van der Waals surface area contributed by atoms with Crippen LogP contribution in [-0.4, -0.2) is 38.9 Å². The van der Waals surface area contributed by atoms with E-state index >= 15 is 0 Å². The summed E-state index contributed by atoms with van der Waals surface area (Å²) in [7, 11) is 1.98. The molecular formula is C14H26N4S. The summed E-state index contributed by atoms with van der Waals surface area (Å²) in [6.07, 6.45) is 7.90. The van der Waals surface area contributed by atoms with Gasteiger partial charge in [-0.15, -0.1) is 0 Å². The average Bonchev–Trinajstić information content (AvgIpc) is 2.83. The molecule has 19 heavy (non-hydrogen) atoms. The molecule has 1 saturated heterocycles. The lowest BCUT2D eigenvalue weighted by molar-refractivity contribution is 0.356. The number of nitrogens with one attached hydrogen (secondary N) is 1. The van der Waals surface area contributed by atoms with Crippen LogP contribution in [0.4, 0.5) is 0 Å². The molecule has 1 fully saturated rings. The monoisotopic (exact) mass is 282 g/mol. The summed E-state index contributed by atoms with van der Waals surface area (Å²) in [5.74, 6) is 4.67. The first kappa shape index (κ1) is 14.9. The van der Waals surface area contributed by atoms with E-state index in [1.807, 2.05) is 11.7 Å². The first-order valence-corrected chi connectivity index (χ1v) is 8.59. The van der Waals surface area contributed by atoms with Gasteiger partial charge in [0.2, 0.25) is 0 Å². The molecule has 5 heteroatoms. The van der Waals surface area contributed by atoms with Crippen molar-refractivity contribution in [2.24, 2.45) is 13.0 Å². The van der Waals surface area contributed by atoms with Crippen LogP contribution in [-0.2, 0) is 13.5 Å². The van der Waals surface area contributed by atoms with Crippen LogP contribution in [0.1, 0.15) is 38.4 Å². The van der Waals surface area contributed by atoms with Gasteiger partial charge in [-0.1, -0.05) is 6.92 Å². The molecule has 2 rings (SSSR count). The van der Waals surface area contributed by atoms with Crippen LogP contribution >= 0.6 is 11.8 Å². The van der Waals surface area contributed by atoms with Crippen LogP contribution in [0.25, 0.3) is 0 Å². The van der Waals surface area contributed by atoms with Crippen LogP contribution in [0.2, 0.25) is 0 Å². The smallest absolute Gasteiger partial charge is 0.138 e. The lowest BCUT2D eigenvalue weighted by Crippen LogP contribution is -2.35. The molecule has 0 bridgehead atoms. The van der Waals surface area contributed by atoms with Crippen molar-refractivity contribution in [2.45, 2.75) is 45.1 Å². The van der Waals surface area contributed by atoms with Crippen molar-refractivity contribution in [3.63, 3.8) is 0 Å². The van der Waals surface area contributed by atoms with Gasteiger partial charge in [-0.25, -0.2) is 4.98 Å². The Kier molecular flexibility index (Phi) is 6.17. The molecule has 2 heterocycles. The van der Waals surface area contributed by atoms with Crippen LogP contribution in [0.3, 0.4) is 0 Å². The largest absolute Gasteiger partial charge is 0.314 e. The number of hydrogen-bond donors (Lipinski definition) is 1. The second kappa shape index (κ2) is 7.90. The molecular weight excluding hydrogens is 256 g/mol. The predicted molar refractivity (Wildman–Crippen MR) is 81.5 cm³/mol. The van der Waals surface area contributed by atoms with E-state index in [-0.39, 0.29) is 0 Å². The van der Waals surface area contributed by atoms with E-state index in [0.717, 1.165) is 24.7 Å². The van der Waals surface area contributed by atoms with Gasteiger partial charge in [0.25, 0.3) is 0 Å². The third kappa shape index (κ3) is 4.80. The number of aryl methyl sites for hydroxylation is 1. The summed E-state index contributed by atoms with van der Waals surface area (Å²) in [6.45, 7) is 3.33. The fraction of sp³-hybridized carbons (Fsp3) is 0.857. The number of thioether (sulfide) groups is 1. The summed E-state index contributed by atoms with van der Waals surface area (Å²) in [5.41, 5.74) is 0. The maximum Gasteiger partial charge on any atom is 0.138 e. The highest BCUT2D eigenvalue weighted by Crippen LogP contribution is 2.26. The summed E-state index contributed by atoms with van der Waals surface area (Å²) in [5, 5.41) is 7.87. The van der Waals surface area contributed by atoms with E-state index in [9.17, 15) is 0 Å². The van der Waals surface area contributed by atoms with Gasteiger partial charge in [-0.2, -0.15) is 16.9 Å². The van der Waals surface area contributed by atoms with E-state index in [4.69, 9.17) is 0 Å². The summed E-state index contributed by atoms with van der Waals surface area (Å²) in [4.78, 5) is 4.36. The highest BCUT2D eigenvalue weighted by molar-refractivity contribution is 7.99. The maximum atomic E-state index is 4.36. The lowest BCUT2D eigenvalue weighted by atomic mass is 9.92. The molecule has 0 radical (unpaired) electrons. The zero-order valence-electron chi connectivity index (χ0n) is 12.1. The van der Waals surface area contributed by atoms with Crippen molar-refractivity contribution in [3.05, 3.63) is 12.2 Å². The molecule has 1 aliphatic heterocycles. The Morgan fingerprint density at radius 3 is 2.89 bits per heavy atom. The average molecular weight is 282 g/mol. The first-order valence-electron chi connectivity index (χ1n) is 7.43. The van der Waals surface area contributed by atoms with Gasteiger partial charge in [0.15, 0.2) is 0 Å². The number of nitrogens with zero attached hydrogens (tertiary/aromatic N) is 3. The van der Waals surface area contributed by atoms with E-state index in [2.05, 4.69) is 34.1 Å². The molecule has 0 saturated carbocycles. The van der Waals surface area contributed by atoms with Crippen molar-refractivity contribution >= 4 is 11.8 Å². The number of rotatable bonds is 7. The second-order valence-corrected chi connectivity index (χ2v) is 6.67. The highest BCUT2D eigenvalue weighted by Gasteiger charge is 2.20. The summed E-state index contributed by atoms with van der Waals surface area (Å²) < 4.78 is 1.90. The highest BCUT2D eigenvalue weighted by atomic mass is 32.2. The fourth-order valence-corrected chi connectivity index (χ4v) is 3.90.